The van der Waals surface area contributed by atoms with Gasteiger partial charge in [-0.2, -0.15) is 0 Å². The van der Waals surface area contributed by atoms with E-state index in [9.17, 15) is 0 Å². The second-order valence-electron chi connectivity index (χ2n) is 3.90. The van der Waals surface area contributed by atoms with E-state index in [-0.39, 0.29) is 5.75 Å². The minimum Gasteiger partial charge on any atom is -0.508 e. The fraction of sp³-hybridized carbons (Fsp3) is 0.250. The third-order valence-electron chi connectivity index (χ3n) is 2.63. The van der Waals surface area contributed by atoms with Gasteiger partial charge in [-0.25, -0.2) is 4.98 Å². The van der Waals surface area contributed by atoms with Crippen molar-refractivity contribution in [1.82, 2.24) is 4.98 Å². The average Bonchev–Trinajstić information content (AvgIpc) is 2.99. The molecular weight excluding hydrogens is 190 g/mol. The maximum atomic E-state index is 9.16. The highest BCUT2D eigenvalue weighted by atomic mass is 16.3. The van der Waals surface area contributed by atoms with Crippen molar-refractivity contribution < 1.29 is 9.52 Å². The number of nitrogens with zero attached hydrogens (tertiary/aromatic N) is 1. The fourth-order valence-corrected chi connectivity index (χ4v) is 1.59. The van der Waals surface area contributed by atoms with Gasteiger partial charge in [0, 0.05) is 11.5 Å². The van der Waals surface area contributed by atoms with E-state index in [1.165, 1.54) is 12.8 Å². The number of phenols is 1. The van der Waals surface area contributed by atoms with Gasteiger partial charge in [-0.3, -0.25) is 0 Å². The summed E-state index contributed by atoms with van der Waals surface area (Å²) in [5, 5.41) is 9.16. The fourth-order valence-electron chi connectivity index (χ4n) is 1.59. The molecule has 15 heavy (non-hydrogen) atoms. The summed E-state index contributed by atoms with van der Waals surface area (Å²) < 4.78 is 5.40. The molecule has 1 aliphatic rings. The second kappa shape index (κ2) is 3.12. The number of benzene rings is 1. The van der Waals surface area contributed by atoms with Crippen molar-refractivity contribution in [2.75, 3.05) is 0 Å². The Morgan fingerprint density at radius 2 is 1.93 bits per heavy atom. The smallest absolute Gasteiger partial charge is 0.226 e. The summed E-state index contributed by atoms with van der Waals surface area (Å²) in [7, 11) is 0. The molecule has 1 heterocycles. The largest absolute Gasteiger partial charge is 0.508 e. The summed E-state index contributed by atoms with van der Waals surface area (Å²) in [6.07, 6.45) is 4.18. The van der Waals surface area contributed by atoms with Crippen molar-refractivity contribution >= 4 is 0 Å². The van der Waals surface area contributed by atoms with Crippen molar-refractivity contribution in [3.63, 3.8) is 0 Å². The van der Waals surface area contributed by atoms with Gasteiger partial charge in [0.15, 0.2) is 0 Å². The van der Waals surface area contributed by atoms with Crippen LogP contribution in [0.15, 0.2) is 34.9 Å². The van der Waals surface area contributed by atoms with E-state index in [2.05, 4.69) is 4.98 Å². The Kier molecular flexibility index (Phi) is 1.78. The van der Waals surface area contributed by atoms with Crippen LogP contribution < -0.4 is 0 Å². The summed E-state index contributed by atoms with van der Waals surface area (Å²) >= 11 is 0. The Bertz CT molecular complexity index is 469. The van der Waals surface area contributed by atoms with Gasteiger partial charge in [-0.1, -0.05) is 0 Å². The first kappa shape index (κ1) is 8.53. The van der Waals surface area contributed by atoms with Crippen LogP contribution in [0.4, 0.5) is 0 Å². The maximum absolute atomic E-state index is 9.16. The quantitative estimate of drug-likeness (QED) is 0.812. The monoisotopic (exact) mass is 201 g/mol. The molecule has 0 saturated heterocycles. The normalized spacial score (nSPS) is 15.5. The average molecular weight is 201 g/mol. The molecule has 1 saturated carbocycles. The SMILES string of the molecule is Oc1ccc(-c2nc(C3CC3)co2)cc1. The lowest BCUT2D eigenvalue weighted by atomic mass is 10.2. The van der Waals surface area contributed by atoms with Gasteiger partial charge in [0.25, 0.3) is 0 Å². The topological polar surface area (TPSA) is 46.3 Å². The van der Waals surface area contributed by atoms with E-state index in [4.69, 9.17) is 9.52 Å². The summed E-state index contributed by atoms with van der Waals surface area (Å²) in [5.41, 5.74) is 1.96. The van der Waals surface area contributed by atoms with E-state index >= 15 is 0 Å². The lowest BCUT2D eigenvalue weighted by Crippen LogP contribution is -1.80. The van der Waals surface area contributed by atoms with Crippen LogP contribution in [-0.2, 0) is 0 Å². The molecule has 3 heteroatoms. The van der Waals surface area contributed by atoms with Crippen molar-refractivity contribution in [2.24, 2.45) is 0 Å². The molecule has 0 bridgehead atoms. The summed E-state index contributed by atoms with van der Waals surface area (Å²) in [6.45, 7) is 0. The molecule has 0 unspecified atom stereocenters. The third kappa shape index (κ3) is 1.61. The predicted molar refractivity (Wildman–Crippen MR) is 55.6 cm³/mol. The molecule has 0 aliphatic heterocycles. The number of rotatable bonds is 2. The highest BCUT2D eigenvalue weighted by Gasteiger charge is 2.26. The van der Waals surface area contributed by atoms with Crippen molar-refractivity contribution in [3.05, 3.63) is 36.2 Å². The Morgan fingerprint density at radius 1 is 1.20 bits per heavy atom. The molecule has 0 atom stereocenters. The standard InChI is InChI=1S/C12H11NO2/c14-10-5-3-9(4-6-10)12-13-11(7-15-12)8-1-2-8/h3-8,14H,1-2H2. The lowest BCUT2D eigenvalue weighted by Gasteiger charge is -1.94. The van der Waals surface area contributed by atoms with E-state index in [0.717, 1.165) is 11.3 Å². The molecule has 76 valence electrons. The molecule has 0 amide bonds. The van der Waals surface area contributed by atoms with Crippen molar-refractivity contribution in [2.45, 2.75) is 18.8 Å². The molecular formula is C12H11NO2. The molecule has 0 radical (unpaired) electrons. The highest BCUT2D eigenvalue weighted by Crippen LogP contribution is 2.40. The van der Waals surface area contributed by atoms with Gasteiger partial charge < -0.3 is 9.52 Å². The molecule has 1 fully saturated rings. The van der Waals surface area contributed by atoms with Gasteiger partial charge in [-0.15, -0.1) is 0 Å². The first-order chi connectivity index (χ1) is 7.33. The first-order valence-electron chi connectivity index (χ1n) is 5.08. The minimum absolute atomic E-state index is 0.257. The molecule has 3 rings (SSSR count). The highest BCUT2D eigenvalue weighted by molar-refractivity contribution is 5.54. The van der Waals surface area contributed by atoms with E-state index < -0.39 is 0 Å². The van der Waals surface area contributed by atoms with Crippen LogP contribution in [0.5, 0.6) is 5.75 Å². The third-order valence-corrected chi connectivity index (χ3v) is 2.63. The number of hydrogen-bond acceptors (Lipinski definition) is 3. The van der Waals surface area contributed by atoms with Crippen LogP contribution in [0, 0.1) is 0 Å². The Morgan fingerprint density at radius 3 is 2.60 bits per heavy atom. The van der Waals surface area contributed by atoms with Crippen LogP contribution >= 0.6 is 0 Å². The van der Waals surface area contributed by atoms with Crippen molar-refractivity contribution in [1.29, 1.82) is 0 Å². The van der Waals surface area contributed by atoms with Gasteiger partial charge in [0.2, 0.25) is 5.89 Å². The summed E-state index contributed by atoms with van der Waals surface area (Å²) in [5.74, 6) is 1.50. The molecule has 1 aromatic carbocycles. The van der Waals surface area contributed by atoms with E-state index in [1.807, 2.05) is 0 Å². The number of oxazole rings is 1. The number of aromatic hydroxyl groups is 1. The minimum atomic E-state index is 0.257. The molecule has 3 nitrogen and oxygen atoms in total. The van der Waals surface area contributed by atoms with Crippen LogP contribution in [0.2, 0.25) is 0 Å². The number of phenolic OH excluding ortho intramolecular Hbond substituents is 1. The predicted octanol–water partition coefficient (Wildman–Crippen LogP) is 2.92. The molecule has 1 aromatic heterocycles. The zero-order valence-corrected chi connectivity index (χ0v) is 8.18. The van der Waals surface area contributed by atoms with Gasteiger partial charge in [-0.05, 0) is 37.1 Å². The Labute approximate surface area is 87.4 Å². The summed E-state index contributed by atoms with van der Waals surface area (Å²) in [6, 6.07) is 6.88. The van der Waals surface area contributed by atoms with Gasteiger partial charge in [0.1, 0.15) is 12.0 Å². The molecule has 1 aliphatic carbocycles. The Balaban J connectivity index is 1.93. The zero-order valence-electron chi connectivity index (χ0n) is 8.18. The molecule has 0 spiro atoms. The van der Waals surface area contributed by atoms with Crippen LogP contribution in [-0.4, -0.2) is 10.1 Å². The van der Waals surface area contributed by atoms with E-state index in [0.29, 0.717) is 11.8 Å². The Hall–Kier alpha value is -1.77. The van der Waals surface area contributed by atoms with Gasteiger partial charge in [0.05, 0.1) is 5.69 Å². The van der Waals surface area contributed by atoms with Crippen LogP contribution in [0.3, 0.4) is 0 Å². The second-order valence-corrected chi connectivity index (χ2v) is 3.90. The van der Waals surface area contributed by atoms with Gasteiger partial charge >= 0.3 is 0 Å². The maximum Gasteiger partial charge on any atom is 0.226 e. The molecule has 1 N–H and O–H groups in total. The lowest BCUT2D eigenvalue weighted by molar-refractivity contribution is 0.475. The number of aromatic nitrogens is 1. The first-order valence-corrected chi connectivity index (χ1v) is 5.08. The van der Waals surface area contributed by atoms with Crippen molar-refractivity contribution in [3.8, 4) is 17.2 Å². The van der Waals surface area contributed by atoms with Crippen LogP contribution in [0.1, 0.15) is 24.5 Å². The molecule has 2 aromatic rings. The zero-order chi connectivity index (χ0) is 10.3. The number of hydrogen-bond donors (Lipinski definition) is 1. The van der Waals surface area contributed by atoms with Crippen LogP contribution in [0.25, 0.3) is 11.5 Å². The van der Waals surface area contributed by atoms with E-state index in [1.54, 1.807) is 30.5 Å². The summed E-state index contributed by atoms with van der Waals surface area (Å²) in [4.78, 5) is 4.42.